The maximum atomic E-state index is 10.9. The molecule has 0 saturated carbocycles. The molecule has 0 amide bonds. The molecule has 1 unspecified atom stereocenters. The van der Waals surface area contributed by atoms with Gasteiger partial charge in [0.15, 0.2) is 0 Å². The van der Waals surface area contributed by atoms with Crippen LogP contribution in [-0.4, -0.2) is 11.1 Å². The molecule has 0 spiro atoms. The molecule has 0 radical (unpaired) electrons. The number of carbonyl (C=O) groups is 1. The van der Waals surface area contributed by atoms with E-state index in [2.05, 4.69) is 19.1 Å². The normalized spacial score (nSPS) is 12.9. The van der Waals surface area contributed by atoms with E-state index in [-0.39, 0.29) is 5.92 Å². The van der Waals surface area contributed by atoms with Crippen molar-refractivity contribution in [2.75, 3.05) is 0 Å². The average Bonchev–Trinajstić information content (AvgIpc) is 2.55. The third-order valence-corrected chi connectivity index (χ3v) is 3.96. The Morgan fingerprint density at radius 2 is 2.12 bits per heavy atom. The summed E-state index contributed by atoms with van der Waals surface area (Å²) in [5.41, 5.74) is 1.19. The molecular weight excluding hydrogens is 220 g/mol. The third kappa shape index (κ3) is 1.95. The molecule has 84 valence electrons. The number of hydrogen-bond donors (Lipinski definition) is 1. The molecule has 2 aromatic rings. The highest BCUT2D eigenvalue weighted by molar-refractivity contribution is 7.19. The molecule has 1 aromatic carbocycles. The summed E-state index contributed by atoms with van der Waals surface area (Å²) in [5.74, 6) is -1.05. The van der Waals surface area contributed by atoms with Crippen LogP contribution in [-0.2, 0) is 11.2 Å². The van der Waals surface area contributed by atoms with E-state index in [4.69, 9.17) is 5.11 Å². The number of fused-ring (bicyclic) bond motifs is 1. The van der Waals surface area contributed by atoms with Crippen LogP contribution in [0.25, 0.3) is 10.1 Å². The second-order valence-corrected chi connectivity index (χ2v) is 5.33. The van der Waals surface area contributed by atoms with E-state index in [1.807, 2.05) is 12.1 Å². The standard InChI is InChI=1S/C13H14O2S/c1-8(13(14)15)7-11-9(2)16-12-6-4-3-5-10(11)12/h3-6,8H,7H2,1-2H3,(H,14,15). The van der Waals surface area contributed by atoms with Gasteiger partial charge in [0, 0.05) is 9.58 Å². The van der Waals surface area contributed by atoms with Gasteiger partial charge < -0.3 is 5.11 Å². The molecule has 0 aliphatic carbocycles. The zero-order valence-electron chi connectivity index (χ0n) is 9.36. The SMILES string of the molecule is Cc1sc2ccccc2c1CC(C)C(=O)O. The van der Waals surface area contributed by atoms with Crippen molar-refractivity contribution in [2.24, 2.45) is 5.92 Å². The van der Waals surface area contributed by atoms with Crippen molar-refractivity contribution in [1.29, 1.82) is 0 Å². The van der Waals surface area contributed by atoms with Gasteiger partial charge in [0.25, 0.3) is 0 Å². The van der Waals surface area contributed by atoms with Crippen molar-refractivity contribution in [3.63, 3.8) is 0 Å². The Bertz CT molecular complexity index is 528. The molecule has 16 heavy (non-hydrogen) atoms. The van der Waals surface area contributed by atoms with Crippen molar-refractivity contribution in [3.8, 4) is 0 Å². The molecular formula is C13H14O2S. The van der Waals surface area contributed by atoms with Gasteiger partial charge in [0.1, 0.15) is 0 Å². The smallest absolute Gasteiger partial charge is 0.306 e. The van der Waals surface area contributed by atoms with E-state index in [0.29, 0.717) is 6.42 Å². The maximum absolute atomic E-state index is 10.9. The van der Waals surface area contributed by atoms with Crippen molar-refractivity contribution < 1.29 is 9.90 Å². The lowest BCUT2D eigenvalue weighted by atomic mass is 9.99. The van der Waals surface area contributed by atoms with Gasteiger partial charge in [0.2, 0.25) is 0 Å². The summed E-state index contributed by atoms with van der Waals surface area (Å²) in [5, 5.41) is 10.2. The summed E-state index contributed by atoms with van der Waals surface area (Å²) in [6.45, 7) is 3.82. The van der Waals surface area contributed by atoms with Gasteiger partial charge in [0.05, 0.1) is 5.92 Å². The zero-order valence-corrected chi connectivity index (χ0v) is 10.2. The van der Waals surface area contributed by atoms with Gasteiger partial charge in [-0.15, -0.1) is 11.3 Å². The van der Waals surface area contributed by atoms with Crippen molar-refractivity contribution in [3.05, 3.63) is 34.7 Å². The Kier molecular flexibility index (Phi) is 2.97. The zero-order chi connectivity index (χ0) is 11.7. The molecule has 2 nitrogen and oxygen atoms in total. The fourth-order valence-electron chi connectivity index (χ4n) is 1.87. The minimum absolute atomic E-state index is 0.322. The molecule has 3 heteroatoms. The minimum Gasteiger partial charge on any atom is -0.481 e. The van der Waals surface area contributed by atoms with Gasteiger partial charge >= 0.3 is 5.97 Å². The first kappa shape index (κ1) is 11.1. The first-order valence-electron chi connectivity index (χ1n) is 5.29. The predicted octanol–water partition coefficient (Wildman–Crippen LogP) is 3.47. The van der Waals surface area contributed by atoms with Crippen LogP contribution in [0.15, 0.2) is 24.3 Å². The van der Waals surface area contributed by atoms with Gasteiger partial charge in [-0.25, -0.2) is 0 Å². The fourth-order valence-corrected chi connectivity index (χ4v) is 2.96. The van der Waals surface area contributed by atoms with Crippen LogP contribution >= 0.6 is 11.3 Å². The molecule has 0 aliphatic heterocycles. The van der Waals surface area contributed by atoms with E-state index < -0.39 is 5.97 Å². The number of thiophene rings is 1. The van der Waals surface area contributed by atoms with Gasteiger partial charge in [-0.3, -0.25) is 4.79 Å². The van der Waals surface area contributed by atoms with E-state index in [0.717, 1.165) is 0 Å². The number of aliphatic carboxylic acids is 1. The predicted molar refractivity (Wildman–Crippen MR) is 67.1 cm³/mol. The minimum atomic E-state index is -0.727. The second kappa shape index (κ2) is 4.26. The van der Waals surface area contributed by atoms with Gasteiger partial charge in [-0.05, 0) is 30.4 Å². The van der Waals surface area contributed by atoms with Gasteiger partial charge in [-0.1, -0.05) is 25.1 Å². The first-order chi connectivity index (χ1) is 7.59. The number of rotatable bonds is 3. The summed E-state index contributed by atoms with van der Waals surface area (Å²) in [4.78, 5) is 12.1. The Morgan fingerprint density at radius 3 is 2.81 bits per heavy atom. The van der Waals surface area contributed by atoms with Crippen molar-refractivity contribution in [2.45, 2.75) is 20.3 Å². The Labute approximate surface area is 98.5 Å². The Morgan fingerprint density at radius 1 is 1.44 bits per heavy atom. The molecule has 0 bridgehead atoms. The topological polar surface area (TPSA) is 37.3 Å². The van der Waals surface area contributed by atoms with Crippen LogP contribution in [0.4, 0.5) is 0 Å². The second-order valence-electron chi connectivity index (χ2n) is 4.08. The van der Waals surface area contributed by atoms with Crippen molar-refractivity contribution >= 4 is 27.4 Å². The van der Waals surface area contributed by atoms with Crippen LogP contribution in [0, 0.1) is 12.8 Å². The summed E-state index contributed by atoms with van der Waals surface area (Å²) in [7, 11) is 0. The van der Waals surface area contributed by atoms with Crippen molar-refractivity contribution in [1.82, 2.24) is 0 Å². The lowest BCUT2D eigenvalue weighted by Gasteiger charge is -2.06. The van der Waals surface area contributed by atoms with E-state index in [9.17, 15) is 4.79 Å². The Hall–Kier alpha value is -1.35. The molecule has 0 saturated heterocycles. The Balaban J connectivity index is 2.43. The fraction of sp³-hybridized carbons (Fsp3) is 0.308. The molecule has 1 N–H and O–H groups in total. The monoisotopic (exact) mass is 234 g/mol. The van der Waals surface area contributed by atoms with Crippen LogP contribution < -0.4 is 0 Å². The summed E-state index contributed by atoms with van der Waals surface area (Å²) < 4.78 is 1.24. The number of benzene rings is 1. The molecule has 1 aromatic heterocycles. The van der Waals surface area contributed by atoms with Crippen LogP contribution in [0.2, 0.25) is 0 Å². The summed E-state index contributed by atoms with van der Waals surface area (Å²) >= 11 is 1.74. The quantitative estimate of drug-likeness (QED) is 0.882. The highest BCUT2D eigenvalue weighted by Gasteiger charge is 2.16. The molecule has 0 aliphatic rings. The lowest BCUT2D eigenvalue weighted by molar-refractivity contribution is -0.141. The van der Waals surface area contributed by atoms with Crippen LogP contribution in [0.3, 0.4) is 0 Å². The number of carboxylic acid groups (broad SMARTS) is 1. The number of hydrogen-bond acceptors (Lipinski definition) is 2. The maximum Gasteiger partial charge on any atom is 0.306 e. The largest absolute Gasteiger partial charge is 0.481 e. The first-order valence-corrected chi connectivity index (χ1v) is 6.11. The lowest BCUT2D eigenvalue weighted by Crippen LogP contribution is -2.12. The highest BCUT2D eigenvalue weighted by Crippen LogP contribution is 2.32. The molecule has 2 rings (SSSR count). The molecule has 1 atom stereocenters. The average molecular weight is 234 g/mol. The summed E-state index contributed by atoms with van der Waals surface area (Å²) in [6.07, 6.45) is 0.616. The molecule has 0 fully saturated rings. The summed E-state index contributed by atoms with van der Waals surface area (Å²) in [6, 6.07) is 8.18. The van der Waals surface area contributed by atoms with E-state index in [1.54, 1.807) is 18.3 Å². The molecule has 1 heterocycles. The van der Waals surface area contributed by atoms with E-state index in [1.165, 1.54) is 20.5 Å². The van der Waals surface area contributed by atoms with Gasteiger partial charge in [-0.2, -0.15) is 0 Å². The number of carboxylic acids is 1. The highest BCUT2D eigenvalue weighted by atomic mass is 32.1. The van der Waals surface area contributed by atoms with Crippen LogP contribution in [0.5, 0.6) is 0 Å². The number of aryl methyl sites for hydroxylation is 1. The van der Waals surface area contributed by atoms with E-state index >= 15 is 0 Å². The third-order valence-electron chi connectivity index (χ3n) is 2.83. The van der Waals surface area contributed by atoms with Crippen LogP contribution in [0.1, 0.15) is 17.4 Å².